The lowest BCUT2D eigenvalue weighted by atomic mass is 9.86. The minimum atomic E-state index is -0.861. The van der Waals surface area contributed by atoms with Gasteiger partial charge in [-0.05, 0) is 49.9 Å². The Morgan fingerprint density at radius 1 is 1.15 bits per heavy atom. The molecule has 0 aromatic heterocycles. The first-order valence-electron chi connectivity index (χ1n) is 9.66. The van der Waals surface area contributed by atoms with E-state index in [9.17, 15) is 14.4 Å². The van der Waals surface area contributed by atoms with Crippen molar-refractivity contribution in [2.75, 3.05) is 6.61 Å². The Bertz CT molecular complexity index is 655. The van der Waals surface area contributed by atoms with Crippen LogP contribution in [0.1, 0.15) is 63.2 Å². The van der Waals surface area contributed by atoms with Crippen molar-refractivity contribution in [2.45, 2.75) is 65.0 Å². The molecule has 0 aliphatic heterocycles. The highest BCUT2D eigenvalue weighted by atomic mass is 16.6. The number of Topliss-reactive ketones (excluding diaryl/α,β-unsaturated/α-hetero) is 1. The molecule has 6 heteroatoms. The predicted molar refractivity (Wildman–Crippen MR) is 102 cm³/mol. The fourth-order valence-electron chi connectivity index (χ4n) is 3.20. The van der Waals surface area contributed by atoms with Crippen LogP contribution < -0.4 is 10.1 Å². The van der Waals surface area contributed by atoms with Crippen LogP contribution in [0, 0.1) is 5.92 Å². The van der Waals surface area contributed by atoms with Gasteiger partial charge in [-0.2, -0.15) is 0 Å². The Balaban J connectivity index is 1.75. The first kappa shape index (κ1) is 20.9. The van der Waals surface area contributed by atoms with E-state index in [0.29, 0.717) is 23.7 Å². The molecule has 6 nitrogen and oxygen atoms in total. The Kier molecular flexibility index (Phi) is 7.82. The lowest BCUT2D eigenvalue weighted by Crippen LogP contribution is -2.46. The van der Waals surface area contributed by atoms with Gasteiger partial charge in [0.1, 0.15) is 5.75 Å². The molecule has 1 amide bonds. The Morgan fingerprint density at radius 3 is 2.44 bits per heavy atom. The minimum Gasteiger partial charge on any atom is -0.482 e. The van der Waals surface area contributed by atoms with Crippen LogP contribution in [0.2, 0.25) is 0 Å². The summed E-state index contributed by atoms with van der Waals surface area (Å²) in [5.41, 5.74) is 0.606. The molecule has 1 aromatic carbocycles. The monoisotopic (exact) mass is 375 g/mol. The fourth-order valence-corrected chi connectivity index (χ4v) is 3.20. The van der Waals surface area contributed by atoms with E-state index in [-0.39, 0.29) is 24.3 Å². The number of hydrogen-bond acceptors (Lipinski definition) is 5. The third-order valence-corrected chi connectivity index (χ3v) is 4.97. The number of ketones is 1. The van der Waals surface area contributed by atoms with Gasteiger partial charge in [-0.15, -0.1) is 0 Å². The van der Waals surface area contributed by atoms with Crippen LogP contribution in [-0.4, -0.2) is 36.4 Å². The van der Waals surface area contributed by atoms with Crippen LogP contribution in [0.3, 0.4) is 0 Å². The molecule has 1 aromatic rings. The van der Waals surface area contributed by atoms with Gasteiger partial charge >= 0.3 is 5.97 Å². The highest BCUT2D eigenvalue weighted by Gasteiger charge is 2.26. The van der Waals surface area contributed by atoms with E-state index in [0.717, 1.165) is 19.3 Å². The molecular formula is C21H29NO5. The van der Waals surface area contributed by atoms with Gasteiger partial charge < -0.3 is 14.8 Å². The number of hydrogen-bond donors (Lipinski definition) is 1. The molecule has 3 atom stereocenters. The number of carbonyl (C=O) groups excluding carboxylic acids is 3. The van der Waals surface area contributed by atoms with Gasteiger partial charge in [0.15, 0.2) is 18.5 Å². The van der Waals surface area contributed by atoms with Crippen molar-refractivity contribution < 1.29 is 23.9 Å². The summed E-state index contributed by atoms with van der Waals surface area (Å²) in [6.45, 7) is 5.20. The van der Waals surface area contributed by atoms with Gasteiger partial charge in [0.25, 0.3) is 5.91 Å². The molecule has 27 heavy (non-hydrogen) atoms. The summed E-state index contributed by atoms with van der Waals surface area (Å²) in [6, 6.07) is 6.74. The quantitative estimate of drug-likeness (QED) is 0.557. The van der Waals surface area contributed by atoms with E-state index in [1.54, 1.807) is 38.1 Å². The van der Waals surface area contributed by atoms with Crippen LogP contribution >= 0.6 is 0 Å². The number of esters is 1. The SMILES string of the molecule is CCC(=O)c1ccc(OCC(=O)O[C@@H](C)C(=O)N[C@@H]2CCCC[C@@H]2C)cc1. The summed E-state index contributed by atoms with van der Waals surface area (Å²) in [5.74, 6) is 0.0740. The molecule has 1 aliphatic rings. The van der Waals surface area contributed by atoms with Crippen LogP contribution in [0.5, 0.6) is 5.75 Å². The van der Waals surface area contributed by atoms with E-state index in [1.165, 1.54) is 6.42 Å². The molecule has 0 unspecified atom stereocenters. The smallest absolute Gasteiger partial charge is 0.344 e. The minimum absolute atomic E-state index is 0.0491. The number of rotatable bonds is 8. The van der Waals surface area contributed by atoms with Crippen molar-refractivity contribution in [3.05, 3.63) is 29.8 Å². The van der Waals surface area contributed by atoms with Crippen molar-refractivity contribution in [2.24, 2.45) is 5.92 Å². The van der Waals surface area contributed by atoms with Gasteiger partial charge in [0.05, 0.1) is 0 Å². The number of ether oxygens (including phenoxy) is 2. The molecule has 0 spiro atoms. The lowest BCUT2D eigenvalue weighted by Gasteiger charge is -2.30. The summed E-state index contributed by atoms with van der Waals surface area (Å²) in [7, 11) is 0. The van der Waals surface area contributed by atoms with Crippen molar-refractivity contribution in [3.8, 4) is 5.75 Å². The maximum absolute atomic E-state index is 12.2. The number of carbonyl (C=O) groups is 3. The zero-order chi connectivity index (χ0) is 19.8. The average molecular weight is 375 g/mol. The molecular weight excluding hydrogens is 346 g/mol. The molecule has 1 saturated carbocycles. The van der Waals surface area contributed by atoms with Crippen molar-refractivity contribution in [3.63, 3.8) is 0 Å². The molecule has 1 N–H and O–H groups in total. The number of benzene rings is 1. The molecule has 0 heterocycles. The van der Waals surface area contributed by atoms with E-state index in [1.807, 2.05) is 0 Å². The summed E-state index contributed by atoms with van der Waals surface area (Å²) in [4.78, 5) is 35.7. The van der Waals surface area contributed by atoms with E-state index < -0.39 is 12.1 Å². The Hall–Kier alpha value is -2.37. The molecule has 1 aliphatic carbocycles. The first-order valence-corrected chi connectivity index (χ1v) is 9.66. The second kappa shape index (κ2) is 10.1. The summed E-state index contributed by atoms with van der Waals surface area (Å²) in [6.07, 6.45) is 3.96. The maximum Gasteiger partial charge on any atom is 0.344 e. The summed E-state index contributed by atoms with van der Waals surface area (Å²) in [5, 5.41) is 2.98. The average Bonchev–Trinajstić information content (AvgIpc) is 2.67. The van der Waals surface area contributed by atoms with Gasteiger partial charge in [-0.25, -0.2) is 4.79 Å². The van der Waals surface area contributed by atoms with Crippen molar-refractivity contribution >= 4 is 17.7 Å². The van der Waals surface area contributed by atoms with Gasteiger partial charge in [-0.3, -0.25) is 9.59 Å². The highest BCUT2D eigenvalue weighted by molar-refractivity contribution is 5.95. The summed E-state index contributed by atoms with van der Waals surface area (Å²) >= 11 is 0. The van der Waals surface area contributed by atoms with Gasteiger partial charge in [0, 0.05) is 18.0 Å². The standard InChI is InChI=1S/C21H29NO5/c1-4-19(23)16-9-11-17(12-10-16)26-13-20(24)27-15(3)21(25)22-18-8-6-5-7-14(18)2/h9-12,14-15,18H,4-8,13H2,1-3H3,(H,22,25)/t14-,15-,18+/m0/s1. The van der Waals surface area contributed by atoms with Crippen LogP contribution in [-0.2, 0) is 14.3 Å². The first-order chi connectivity index (χ1) is 12.9. The molecule has 0 bridgehead atoms. The van der Waals surface area contributed by atoms with E-state index >= 15 is 0 Å². The molecule has 148 valence electrons. The Labute approximate surface area is 160 Å². The van der Waals surface area contributed by atoms with Crippen LogP contribution in [0.4, 0.5) is 0 Å². The highest BCUT2D eigenvalue weighted by Crippen LogP contribution is 2.23. The molecule has 1 fully saturated rings. The number of nitrogens with one attached hydrogen (secondary N) is 1. The predicted octanol–water partition coefficient (Wildman–Crippen LogP) is 3.28. The second-order valence-electron chi connectivity index (χ2n) is 7.10. The summed E-state index contributed by atoms with van der Waals surface area (Å²) < 4.78 is 10.5. The fraction of sp³-hybridized carbons (Fsp3) is 0.571. The van der Waals surface area contributed by atoms with Gasteiger partial charge in [0.2, 0.25) is 0 Å². The topological polar surface area (TPSA) is 81.7 Å². The van der Waals surface area contributed by atoms with E-state index in [4.69, 9.17) is 9.47 Å². The molecule has 2 rings (SSSR count). The van der Waals surface area contributed by atoms with E-state index in [2.05, 4.69) is 12.2 Å². The third-order valence-electron chi connectivity index (χ3n) is 4.97. The largest absolute Gasteiger partial charge is 0.482 e. The Morgan fingerprint density at radius 2 is 1.81 bits per heavy atom. The van der Waals surface area contributed by atoms with Crippen LogP contribution in [0.15, 0.2) is 24.3 Å². The van der Waals surface area contributed by atoms with Crippen LogP contribution in [0.25, 0.3) is 0 Å². The zero-order valence-corrected chi connectivity index (χ0v) is 16.3. The second-order valence-corrected chi connectivity index (χ2v) is 7.10. The zero-order valence-electron chi connectivity index (χ0n) is 16.3. The van der Waals surface area contributed by atoms with Gasteiger partial charge in [-0.1, -0.05) is 26.7 Å². The molecule has 0 radical (unpaired) electrons. The normalized spacial score (nSPS) is 20.4. The van der Waals surface area contributed by atoms with Crippen molar-refractivity contribution in [1.29, 1.82) is 0 Å². The van der Waals surface area contributed by atoms with Crippen molar-refractivity contribution in [1.82, 2.24) is 5.32 Å². The maximum atomic E-state index is 12.2. The lowest BCUT2D eigenvalue weighted by molar-refractivity contribution is -0.157. The number of amides is 1. The third kappa shape index (κ3) is 6.38. The molecule has 0 saturated heterocycles.